The topological polar surface area (TPSA) is 104 Å². The van der Waals surface area contributed by atoms with E-state index in [1.54, 1.807) is 0 Å². The lowest BCUT2D eigenvalue weighted by molar-refractivity contribution is 0.0357. The summed E-state index contributed by atoms with van der Waals surface area (Å²) in [6.45, 7) is 2.46. The van der Waals surface area contributed by atoms with Crippen LogP contribution in [0.15, 0.2) is 0 Å². The average molecular weight is 274 g/mol. The van der Waals surface area contributed by atoms with Gasteiger partial charge in [-0.1, -0.05) is 0 Å². The number of nitrogens with two attached hydrogens (primary N) is 1. The highest BCUT2D eigenvalue weighted by Crippen LogP contribution is 2.38. The van der Waals surface area contributed by atoms with Gasteiger partial charge in [-0.15, -0.1) is 0 Å². The predicted molar refractivity (Wildman–Crippen MR) is 75.4 cm³/mol. The van der Waals surface area contributed by atoms with Gasteiger partial charge in [-0.2, -0.15) is 15.1 Å². The first kappa shape index (κ1) is 11.9. The molecule has 2 aliphatic heterocycles. The Morgan fingerprint density at radius 1 is 1.40 bits per heavy atom. The Kier molecular flexibility index (Phi) is 2.27. The van der Waals surface area contributed by atoms with E-state index < -0.39 is 5.60 Å². The number of hydrogen-bond acceptors (Lipinski definition) is 6. The highest BCUT2D eigenvalue weighted by Gasteiger charge is 2.38. The third-order valence-electron chi connectivity index (χ3n) is 4.45. The molecule has 106 valence electrons. The summed E-state index contributed by atoms with van der Waals surface area (Å²) in [5.74, 6) is 1.05. The van der Waals surface area contributed by atoms with E-state index in [0.717, 1.165) is 42.6 Å². The molecule has 2 unspecified atom stereocenters. The second-order valence-electron chi connectivity index (χ2n) is 6.16. The molecule has 2 atom stereocenters. The minimum atomic E-state index is -0.684. The van der Waals surface area contributed by atoms with Gasteiger partial charge in [-0.3, -0.25) is 5.10 Å². The Morgan fingerprint density at radius 3 is 3.10 bits per heavy atom. The summed E-state index contributed by atoms with van der Waals surface area (Å²) in [5.41, 5.74) is 6.82. The normalized spacial score (nSPS) is 29.3. The number of aliphatic hydroxyl groups is 1. The summed E-state index contributed by atoms with van der Waals surface area (Å²) in [4.78, 5) is 10.8. The lowest BCUT2D eigenvalue weighted by atomic mass is 9.89. The molecule has 20 heavy (non-hydrogen) atoms. The van der Waals surface area contributed by atoms with Crippen molar-refractivity contribution >= 4 is 22.8 Å². The number of piperidine rings is 1. The molecule has 7 nitrogen and oxygen atoms in total. The van der Waals surface area contributed by atoms with Gasteiger partial charge in [0.1, 0.15) is 5.82 Å². The summed E-state index contributed by atoms with van der Waals surface area (Å²) in [5, 5.41) is 18.6. The van der Waals surface area contributed by atoms with E-state index in [0.29, 0.717) is 18.2 Å². The van der Waals surface area contributed by atoms with Gasteiger partial charge in [0, 0.05) is 18.3 Å². The molecular formula is C13H18N6O. The van der Waals surface area contributed by atoms with Crippen LogP contribution in [-0.4, -0.2) is 43.5 Å². The summed E-state index contributed by atoms with van der Waals surface area (Å²) >= 11 is 0. The first-order valence-corrected chi connectivity index (χ1v) is 7.03. The van der Waals surface area contributed by atoms with Gasteiger partial charge < -0.3 is 15.7 Å². The van der Waals surface area contributed by atoms with Crippen LogP contribution in [0.3, 0.4) is 0 Å². The number of aromatic nitrogens is 4. The van der Waals surface area contributed by atoms with E-state index >= 15 is 0 Å². The van der Waals surface area contributed by atoms with E-state index in [2.05, 4.69) is 25.1 Å². The van der Waals surface area contributed by atoms with Crippen LogP contribution in [0.5, 0.6) is 0 Å². The van der Waals surface area contributed by atoms with E-state index in [9.17, 15) is 5.11 Å². The van der Waals surface area contributed by atoms with Crippen LogP contribution in [0, 0.1) is 0 Å². The minimum absolute atomic E-state index is 0.233. The van der Waals surface area contributed by atoms with Crippen LogP contribution < -0.4 is 10.6 Å². The van der Waals surface area contributed by atoms with Gasteiger partial charge in [0.05, 0.1) is 11.0 Å². The van der Waals surface area contributed by atoms with Gasteiger partial charge in [0.15, 0.2) is 5.65 Å². The summed E-state index contributed by atoms with van der Waals surface area (Å²) in [7, 11) is 0. The standard InChI is InChI=1S/C13H18N6O/c1-13(20)5-4-7-2-3-8-9-10(18-17-8)15-12(14)16-11(9)19(7)6-13/h7,20H,2-6H2,1H3,(H3,14,15,16,17,18). The smallest absolute Gasteiger partial charge is 0.224 e. The molecule has 4 N–H and O–H groups in total. The lowest BCUT2D eigenvalue weighted by Gasteiger charge is -2.43. The third kappa shape index (κ3) is 1.66. The summed E-state index contributed by atoms with van der Waals surface area (Å²) < 4.78 is 0. The highest BCUT2D eigenvalue weighted by atomic mass is 16.3. The van der Waals surface area contributed by atoms with Gasteiger partial charge >= 0.3 is 0 Å². The van der Waals surface area contributed by atoms with Crippen molar-refractivity contribution in [3.05, 3.63) is 5.69 Å². The largest absolute Gasteiger partial charge is 0.388 e. The van der Waals surface area contributed by atoms with Crippen LogP contribution in [0.25, 0.3) is 11.0 Å². The molecule has 2 aromatic heterocycles. The molecule has 0 aromatic carbocycles. The summed E-state index contributed by atoms with van der Waals surface area (Å²) in [6.07, 6.45) is 3.75. The number of aromatic amines is 1. The van der Waals surface area contributed by atoms with E-state index in [1.165, 1.54) is 0 Å². The van der Waals surface area contributed by atoms with Crippen molar-refractivity contribution in [2.75, 3.05) is 17.2 Å². The number of fused-ring (bicyclic) bond motifs is 2. The number of nitrogen functional groups attached to an aromatic ring is 1. The molecule has 0 saturated carbocycles. The Bertz CT molecular complexity index is 679. The van der Waals surface area contributed by atoms with Crippen molar-refractivity contribution in [2.24, 2.45) is 0 Å². The fourth-order valence-electron chi connectivity index (χ4n) is 3.44. The SMILES string of the molecule is CC1(O)CCC2CCc3[nH]nc4nc(N)nc(c34)N2C1. The average Bonchev–Trinajstić information content (AvgIpc) is 2.71. The number of nitrogens with zero attached hydrogens (tertiary/aromatic N) is 4. The van der Waals surface area contributed by atoms with Gasteiger partial charge in [-0.25, -0.2) is 0 Å². The van der Waals surface area contributed by atoms with E-state index in [1.807, 2.05) is 6.92 Å². The Morgan fingerprint density at radius 2 is 2.25 bits per heavy atom. The van der Waals surface area contributed by atoms with Crippen LogP contribution in [-0.2, 0) is 6.42 Å². The zero-order valence-electron chi connectivity index (χ0n) is 11.4. The Hall–Kier alpha value is -1.89. The number of anilines is 2. The van der Waals surface area contributed by atoms with Gasteiger partial charge in [0.25, 0.3) is 0 Å². The number of H-pyrrole nitrogens is 1. The lowest BCUT2D eigenvalue weighted by Crippen LogP contribution is -2.51. The molecule has 4 rings (SSSR count). The van der Waals surface area contributed by atoms with Crippen LogP contribution in [0.2, 0.25) is 0 Å². The summed E-state index contributed by atoms with van der Waals surface area (Å²) in [6, 6.07) is 0.397. The number of nitrogens with one attached hydrogen (secondary N) is 1. The van der Waals surface area contributed by atoms with E-state index in [-0.39, 0.29) is 5.95 Å². The minimum Gasteiger partial charge on any atom is -0.388 e. The molecule has 0 aliphatic carbocycles. The molecule has 7 heteroatoms. The van der Waals surface area contributed by atoms with Crippen molar-refractivity contribution < 1.29 is 5.11 Å². The second kappa shape index (κ2) is 3.82. The quantitative estimate of drug-likeness (QED) is 0.650. The van der Waals surface area contributed by atoms with Crippen LogP contribution >= 0.6 is 0 Å². The monoisotopic (exact) mass is 274 g/mol. The predicted octanol–water partition coefficient (Wildman–Crippen LogP) is 0.601. The van der Waals surface area contributed by atoms with Gasteiger partial charge in [-0.05, 0) is 32.6 Å². The Balaban J connectivity index is 1.92. The van der Waals surface area contributed by atoms with E-state index in [4.69, 9.17) is 5.73 Å². The highest BCUT2D eigenvalue weighted by molar-refractivity contribution is 5.91. The molecule has 2 aromatic rings. The maximum Gasteiger partial charge on any atom is 0.224 e. The molecule has 2 aliphatic rings. The molecule has 4 heterocycles. The maximum absolute atomic E-state index is 10.4. The van der Waals surface area contributed by atoms with Crippen molar-refractivity contribution in [3.63, 3.8) is 0 Å². The number of aryl methyl sites for hydroxylation is 1. The zero-order chi connectivity index (χ0) is 13.9. The molecule has 1 saturated heterocycles. The first-order valence-electron chi connectivity index (χ1n) is 7.03. The van der Waals surface area contributed by atoms with Crippen molar-refractivity contribution in [2.45, 2.75) is 44.2 Å². The molecule has 0 radical (unpaired) electrons. The van der Waals surface area contributed by atoms with Crippen molar-refractivity contribution in [3.8, 4) is 0 Å². The fraction of sp³-hybridized carbons (Fsp3) is 0.615. The number of hydrogen-bond donors (Lipinski definition) is 3. The Labute approximate surface area is 116 Å². The first-order chi connectivity index (χ1) is 9.53. The molecule has 0 spiro atoms. The molecule has 0 bridgehead atoms. The van der Waals surface area contributed by atoms with Crippen molar-refractivity contribution in [1.82, 2.24) is 20.2 Å². The molecule has 1 fully saturated rings. The molecule has 0 amide bonds. The fourth-order valence-corrected chi connectivity index (χ4v) is 3.44. The van der Waals surface area contributed by atoms with Crippen LogP contribution in [0.1, 0.15) is 31.9 Å². The zero-order valence-corrected chi connectivity index (χ0v) is 11.4. The van der Waals surface area contributed by atoms with Crippen molar-refractivity contribution in [1.29, 1.82) is 0 Å². The second-order valence-corrected chi connectivity index (χ2v) is 6.16. The molecular weight excluding hydrogens is 256 g/mol. The number of rotatable bonds is 0. The van der Waals surface area contributed by atoms with Gasteiger partial charge in [0.2, 0.25) is 5.95 Å². The van der Waals surface area contributed by atoms with Crippen LogP contribution in [0.4, 0.5) is 11.8 Å². The maximum atomic E-state index is 10.4. The third-order valence-corrected chi connectivity index (χ3v) is 4.45.